The maximum Gasteiger partial charge on any atom is 0.163 e. The molecule has 0 aromatic rings. The van der Waals surface area contributed by atoms with E-state index in [1.54, 1.807) is 5.57 Å². The van der Waals surface area contributed by atoms with Gasteiger partial charge in [-0.2, -0.15) is 0 Å². The second-order valence-corrected chi connectivity index (χ2v) is 11.4. The highest BCUT2D eigenvalue weighted by Gasteiger charge is 2.67. The lowest BCUT2D eigenvalue weighted by molar-refractivity contribution is -0.173. The summed E-state index contributed by atoms with van der Waals surface area (Å²) in [6.45, 7) is 11.4. The van der Waals surface area contributed by atoms with Crippen LogP contribution in [-0.4, -0.2) is 24.0 Å². The average Bonchev–Trinajstić information content (AvgIpc) is 3.18. The molecule has 4 unspecified atom stereocenters. The van der Waals surface area contributed by atoms with Crippen LogP contribution >= 0.6 is 0 Å². The summed E-state index contributed by atoms with van der Waals surface area (Å²) in [5.74, 6) is 1.87. The molecule has 0 bridgehead atoms. The van der Waals surface area contributed by atoms with E-state index in [-0.39, 0.29) is 23.7 Å². The van der Waals surface area contributed by atoms with Crippen molar-refractivity contribution in [2.24, 2.45) is 39.6 Å². The average molecular weight is 400 g/mol. The zero-order chi connectivity index (χ0) is 20.6. The van der Waals surface area contributed by atoms with Gasteiger partial charge in [0.2, 0.25) is 0 Å². The van der Waals surface area contributed by atoms with E-state index >= 15 is 0 Å². The van der Waals surface area contributed by atoms with Gasteiger partial charge in [-0.05, 0) is 106 Å². The van der Waals surface area contributed by atoms with Crippen molar-refractivity contribution in [1.29, 1.82) is 0 Å². The molecule has 5 rings (SSSR count). The van der Waals surface area contributed by atoms with E-state index in [9.17, 15) is 0 Å². The molecule has 1 aliphatic heterocycles. The van der Waals surface area contributed by atoms with E-state index in [0.717, 1.165) is 19.3 Å². The van der Waals surface area contributed by atoms with Crippen molar-refractivity contribution in [2.45, 2.75) is 104 Å². The molecule has 1 heterocycles. The van der Waals surface area contributed by atoms with Crippen LogP contribution < -0.4 is 0 Å². The van der Waals surface area contributed by atoms with E-state index in [0.29, 0.717) is 29.1 Å². The van der Waals surface area contributed by atoms with Crippen molar-refractivity contribution in [3.8, 4) is 0 Å². The van der Waals surface area contributed by atoms with Crippen molar-refractivity contribution >= 4 is 0 Å². The Morgan fingerprint density at radius 3 is 2.48 bits per heavy atom. The Hall–Kier alpha value is -1.03. The third-order valence-electron chi connectivity index (χ3n) is 9.92. The number of fused-ring (bicyclic) bond motifs is 8. The Kier molecular flexibility index (Phi) is 4.45. The summed E-state index contributed by atoms with van der Waals surface area (Å²) in [7, 11) is 0. The van der Waals surface area contributed by atoms with Crippen LogP contribution in [0.4, 0.5) is 0 Å². The number of hydrogen-bond donors (Lipinski definition) is 0. The minimum absolute atomic E-state index is 0.109. The number of azide groups is 1. The van der Waals surface area contributed by atoms with Crippen LogP contribution in [0.25, 0.3) is 10.4 Å². The fourth-order valence-corrected chi connectivity index (χ4v) is 8.66. The number of nitrogens with zero attached hydrogens (tertiary/aromatic N) is 3. The molecule has 160 valence electrons. The molecule has 29 heavy (non-hydrogen) atoms. The van der Waals surface area contributed by atoms with E-state index in [1.807, 2.05) is 0 Å². The van der Waals surface area contributed by atoms with Gasteiger partial charge in [-0.25, -0.2) is 0 Å². The van der Waals surface area contributed by atoms with Crippen molar-refractivity contribution in [3.63, 3.8) is 0 Å². The summed E-state index contributed by atoms with van der Waals surface area (Å²) in [6.07, 6.45) is 11.0. The molecule has 1 saturated heterocycles. The van der Waals surface area contributed by atoms with Crippen LogP contribution in [0.5, 0.6) is 0 Å². The molecule has 5 heteroatoms. The van der Waals surface area contributed by atoms with Gasteiger partial charge in [0.05, 0.1) is 12.2 Å². The SMILES string of the molecule is CC=C1CCC2C3C(CC[C@]12C)[C@@]1(C)CC[C@H](N=[N+]=[N-])CC1[C@H]1OC(C)(C)O[C@H]31. The second-order valence-electron chi connectivity index (χ2n) is 11.4. The van der Waals surface area contributed by atoms with E-state index < -0.39 is 5.79 Å². The lowest BCUT2D eigenvalue weighted by Gasteiger charge is -2.63. The van der Waals surface area contributed by atoms with E-state index in [4.69, 9.17) is 15.0 Å². The first-order valence-corrected chi connectivity index (χ1v) is 11.8. The predicted molar refractivity (Wildman–Crippen MR) is 113 cm³/mol. The van der Waals surface area contributed by atoms with Gasteiger partial charge in [-0.1, -0.05) is 30.6 Å². The quantitative estimate of drug-likeness (QED) is 0.222. The molecule has 4 aliphatic carbocycles. The van der Waals surface area contributed by atoms with Gasteiger partial charge in [0.1, 0.15) is 0 Å². The van der Waals surface area contributed by atoms with Crippen molar-refractivity contribution in [2.75, 3.05) is 0 Å². The number of rotatable bonds is 1. The summed E-state index contributed by atoms with van der Waals surface area (Å²) in [5.41, 5.74) is 11.3. The van der Waals surface area contributed by atoms with Crippen molar-refractivity contribution in [3.05, 3.63) is 22.1 Å². The molecule has 0 amide bonds. The third kappa shape index (κ3) is 2.70. The molecular weight excluding hydrogens is 362 g/mol. The summed E-state index contributed by atoms with van der Waals surface area (Å²) in [4.78, 5) is 3.13. The third-order valence-corrected chi connectivity index (χ3v) is 9.92. The van der Waals surface area contributed by atoms with Crippen LogP contribution in [0.1, 0.15) is 79.6 Å². The Morgan fingerprint density at radius 2 is 1.76 bits per heavy atom. The first-order valence-electron chi connectivity index (χ1n) is 11.8. The van der Waals surface area contributed by atoms with Crippen LogP contribution in [0.15, 0.2) is 16.8 Å². The fraction of sp³-hybridized carbons (Fsp3) is 0.917. The molecule has 9 atom stereocenters. The van der Waals surface area contributed by atoms with Gasteiger partial charge in [0.25, 0.3) is 0 Å². The highest BCUT2D eigenvalue weighted by molar-refractivity contribution is 5.25. The first kappa shape index (κ1) is 19.9. The normalized spacial score (nSPS) is 54.1. The molecule has 0 radical (unpaired) electrons. The minimum Gasteiger partial charge on any atom is -0.344 e. The number of ether oxygens (including phenoxy) is 2. The van der Waals surface area contributed by atoms with Crippen LogP contribution in [-0.2, 0) is 9.47 Å². The van der Waals surface area contributed by atoms with Gasteiger partial charge < -0.3 is 9.47 Å². The summed E-state index contributed by atoms with van der Waals surface area (Å²) < 4.78 is 13.3. The predicted octanol–water partition coefficient (Wildman–Crippen LogP) is 6.39. The largest absolute Gasteiger partial charge is 0.344 e. The van der Waals surface area contributed by atoms with E-state index in [1.165, 1.54) is 25.7 Å². The van der Waals surface area contributed by atoms with Gasteiger partial charge >= 0.3 is 0 Å². The van der Waals surface area contributed by atoms with Crippen LogP contribution in [0, 0.1) is 34.5 Å². The minimum atomic E-state index is -0.521. The Labute approximate surface area is 175 Å². The van der Waals surface area contributed by atoms with Crippen LogP contribution in [0.3, 0.4) is 0 Å². The lowest BCUT2D eigenvalue weighted by atomic mass is 9.43. The standard InChI is InChI=1S/C24H37N3O2/c1-6-14-7-8-16-19-17(10-12-23(14,16)4)24(5)11-9-15(26-27-25)13-18(24)20-21(19)29-22(2,3)28-20/h6,15-21H,7-13H2,1-5H3/t15-,16?,17?,18?,19?,20+,21+,23+,24+/m0/s1. The van der Waals surface area contributed by atoms with Gasteiger partial charge in [-0.15, -0.1) is 0 Å². The van der Waals surface area contributed by atoms with Gasteiger partial charge in [0, 0.05) is 11.0 Å². The molecule has 4 saturated carbocycles. The Balaban J connectivity index is 1.57. The number of hydrogen-bond acceptors (Lipinski definition) is 3. The van der Waals surface area contributed by atoms with E-state index in [2.05, 4.69) is 50.7 Å². The van der Waals surface area contributed by atoms with Crippen LogP contribution in [0.2, 0.25) is 0 Å². The molecule has 5 nitrogen and oxygen atoms in total. The number of allylic oxidation sites excluding steroid dienone is 2. The monoisotopic (exact) mass is 399 g/mol. The molecule has 5 fully saturated rings. The lowest BCUT2D eigenvalue weighted by Crippen LogP contribution is -2.63. The Morgan fingerprint density at radius 1 is 1.00 bits per heavy atom. The first-order chi connectivity index (χ1) is 13.7. The smallest absolute Gasteiger partial charge is 0.163 e. The highest BCUT2D eigenvalue weighted by Crippen LogP contribution is 2.69. The summed E-state index contributed by atoms with van der Waals surface area (Å²) in [5, 5.41) is 4.12. The van der Waals surface area contributed by atoms with Crippen molar-refractivity contribution < 1.29 is 9.47 Å². The van der Waals surface area contributed by atoms with Crippen molar-refractivity contribution in [1.82, 2.24) is 0 Å². The van der Waals surface area contributed by atoms with Gasteiger partial charge in [-0.3, -0.25) is 0 Å². The zero-order valence-corrected chi connectivity index (χ0v) is 18.7. The molecular formula is C24H37N3O2. The topological polar surface area (TPSA) is 67.2 Å². The van der Waals surface area contributed by atoms with Gasteiger partial charge in [0.15, 0.2) is 5.79 Å². The molecule has 0 aromatic heterocycles. The fourth-order valence-electron chi connectivity index (χ4n) is 8.66. The summed E-state index contributed by atoms with van der Waals surface area (Å²) >= 11 is 0. The molecule has 0 spiro atoms. The Bertz CT molecular complexity index is 772. The summed E-state index contributed by atoms with van der Waals surface area (Å²) in [6, 6.07) is 0.109. The zero-order valence-electron chi connectivity index (χ0n) is 18.7. The second kappa shape index (κ2) is 6.48. The molecule has 5 aliphatic rings. The molecule has 0 N–H and O–H groups in total. The highest BCUT2D eigenvalue weighted by atomic mass is 16.8. The maximum atomic E-state index is 9.01. The molecule has 0 aromatic carbocycles. The maximum absolute atomic E-state index is 9.01.